The van der Waals surface area contributed by atoms with E-state index in [4.69, 9.17) is 11.6 Å². The van der Waals surface area contributed by atoms with E-state index >= 15 is 0 Å². The summed E-state index contributed by atoms with van der Waals surface area (Å²) in [5.74, 6) is -2.80. The van der Waals surface area contributed by atoms with Crippen LogP contribution >= 0.6 is 11.6 Å². The van der Waals surface area contributed by atoms with Crippen molar-refractivity contribution in [3.63, 3.8) is 0 Å². The molecule has 3 rings (SSSR count). The number of carbonyl (C=O) groups excluding carboxylic acids is 1. The molecule has 31 heavy (non-hydrogen) atoms. The van der Waals surface area contributed by atoms with E-state index in [0.717, 1.165) is 22.9 Å². The molecule has 2 aromatic carbocycles. The molecule has 162 valence electrons. The molecule has 10 heteroatoms. The van der Waals surface area contributed by atoms with Crippen LogP contribution < -0.4 is 5.32 Å². The second-order valence-electron chi connectivity index (χ2n) is 7.06. The van der Waals surface area contributed by atoms with Crippen LogP contribution in [0.15, 0.2) is 54.7 Å². The fourth-order valence-electron chi connectivity index (χ4n) is 3.19. The molecule has 1 heterocycles. The van der Waals surface area contributed by atoms with Gasteiger partial charge in [-0.25, -0.2) is 0 Å². The predicted molar refractivity (Wildman–Crippen MR) is 112 cm³/mol. The van der Waals surface area contributed by atoms with E-state index in [2.05, 4.69) is 15.6 Å². The lowest BCUT2D eigenvalue weighted by atomic mass is 9.94. The third-order valence-electron chi connectivity index (χ3n) is 4.78. The van der Waals surface area contributed by atoms with Gasteiger partial charge in [0, 0.05) is 11.1 Å². The second-order valence-corrected chi connectivity index (χ2v) is 7.50. The quantitative estimate of drug-likeness (QED) is 0.371. The van der Waals surface area contributed by atoms with Gasteiger partial charge in [-0.05, 0) is 46.9 Å². The summed E-state index contributed by atoms with van der Waals surface area (Å²) in [5, 5.41) is 38.1. The standard InChI is InChI=1S/C21H21ClN4O5/c22-17-3-1-2-15(9-17)14-6-4-13(5-7-14)8-18(10-16(12-27)21(29)30)23-20(28)19-11-26(31)25-24-19/h1-7,9,11,16,18,27,31H,8,10,12H2,(H,23,28)(H,29,30). The number of nitrogens with zero attached hydrogens (tertiary/aromatic N) is 3. The fraction of sp³-hybridized carbons (Fsp3) is 0.238. The molecule has 4 N–H and O–H groups in total. The smallest absolute Gasteiger partial charge is 0.308 e. The van der Waals surface area contributed by atoms with Crippen LogP contribution in [0.1, 0.15) is 22.5 Å². The summed E-state index contributed by atoms with van der Waals surface area (Å²) in [7, 11) is 0. The minimum atomic E-state index is -1.15. The molecule has 0 aliphatic rings. The Bertz CT molecular complexity index is 1050. The molecule has 0 spiro atoms. The van der Waals surface area contributed by atoms with Crippen molar-refractivity contribution >= 4 is 23.5 Å². The first-order valence-corrected chi connectivity index (χ1v) is 9.84. The van der Waals surface area contributed by atoms with E-state index < -0.39 is 30.4 Å². The van der Waals surface area contributed by atoms with Crippen molar-refractivity contribution in [1.82, 2.24) is 20.5 Å². The lowest BCUT2D eigenvalue weighted by Gasteiger charge is -2.21. The monoisotopic (exact) mass is 444 g/mol. The molecule has 0 fully saturated rings. The molecular formula is C21H21ClN4O5. The number of carbonyl (C=O) groups is 2. The SMILES string of the molecule is O=C(NC(Cc1ccc(-c2cccc(Cl)c2)cc1)CC(CO)C(=O)O)c1cn(O)nn1. The summed E-state index contributed by atoms with van der Waals surface area (Å²) in [4.78, 5) is 24.2. The van der Waals surface area contributed by atoms with Crippen LogP contribution in [0.3, 0.4) is 0 Å². The van der Waals surface area contributed by atoms with Gasteiger partial charge < -0.3 is 20.7 Å². The van der Waals surface area contributed by atoms with E-state index in [0.29, 0.717) is 16.3 Å². The van der Waals surface area contributed by atoms with Gasteiger partial charge >= 0.3 is 5.97 Å². The van der Waals surface area contributed by atoms with Gasteiger partial charge in [0.1, 0.15) is 0 Å². The maximum Gasteiger partial charge on any atom is 0.308 e. The molecule has 0 bridgehead atoms. The Labute approximate surface area is 182 Å². The predicted octanol–water partition coefficient (Wildman–Crippen LogP) is 2.26. The number of rotatable bonds is 9. The topological polar surface area (TPSA) is 138 Å². The number of aliphatic carboxylic acids is 1. The largest absolute Gasteiger partial charge is 0.481 e. The molecule has 1 amide bonds. The number of hydrogen-bond acceptors (Lipinski definition) is 6. The van der Waals surface area contributed by atoms with Crippen LogP contribution in [-0.2, 0) is 11.2 Å². The molecule has 0 aliphatic carbocycles. The van der Waals surface area contributed by atoms with E-state index in [-0.39, 0.29) is 12.1 Å². The first kappa shape index (κ1) is 22.3. The zero-order chi connectivity index (χ0) is 22.4. The number of aliphatic hydroxyl groups is 1. The van der Waals surface area contributed by atoms with Gasteiger partial charge in [0.25, 0.3) is 5.91 Å². The van der Waals surface area contributed by atoms with E-state index in [1.807, 2.05) is 42.5 Å². The van der Waals surface area contributed by atoms with Crippen molar-refractivity contribution in [3.8, 4) is 11.1 Å². The highest BCUT2D eigenvalue weighted by Gasteiger charge is 2.25. The average molecular weight is 445 g/mol. The first-order valence-electron chi connectivity index (χ1n) is 9.46. The van der Waals surface area contributed by atoms with Crippen LogP contribution in [0.2, 0.25) is 5.02 Å². The number of carboxylic acid groups (broad SMARTS) is 1. The van der Waals surface area contributed by atoms with Crippen LogP contribution in [0, 0.1) is 5.92 Å². The van der Waals surface area contributed by atoms with Crippen molar-refractivity contribution < 1.29 is 25.0 Å². The maximum absolute atomic E-state index is 12.4. The highest BCUT2D eigenvalue weighted by molar-refractivity contribution is 6.30. The van der Waals surface area contributed by atoms with Crippen LogP contribution in [0.25, 0.3) is 11.1 Å². The number of benzene rings is 2. The second kappa shape index (κ2) is 10.1. The zero-order valence-corrected chi connectivity index (χ0v) is 17.1. The van der Waals surface area contributed by atoms with Crippen molar-refractivity contribution in [2.24, 2.45) is 5.92 Å². The Kier molecular flexibility index (Phi) is 7.22. The highest BCUT2D eigenvalue weighted by atomic mass is 35.5. The molecule has 3 aromatic rings. The molecule has 2 atom stereocenters. The average Bonchev–Trinajstić information content (AvgIpc) is 3.18. The van der Waals surface area contributed by atoms with Gasteiger partial charge in [-0.15, -0.1) is 5.10 Å². The molecule has 9 nitrogen and oxygen atoms in total. The minimum absolute atomic E-state index is 0.0148. The number of nitrogens with one attached hydrogen (secondary N) is 1. The summed E-state index contributed by atoms with van der Waals surface area (Å²) in [6.07, 6.45) is 1.38. The zero-order valence-electron chi connectivity index (χ0n) is 16.3. The lowest BCUT2D eigenvalue weighted by molar-refractivity contribution is -0.143. The number of carboxylic acids is 1. The maximum atomic E-state index is 12.4. The van der Waals surface area contributed by atoms with E-state index in [9.17, 15) is 25.0 Å². The van der Waals surface area contributed by atoms with Crippen molar-refractivity contribution in [2.75, 3.05) is 6.61 Å². The number of amides is 1. The fourth-order valence-corrected chi connectivity index (χ4v) is 3.38. The number of aromatic nitrogens is 3. The molecule has 2 unspecified atom stereocenters. The Hall–Kier alpha value is -3.43. The van der Waals surface area contributed by atoms with Gasteiger partial charge in [-0.1, -0.05) is 52.8 Å². The van der Waals surface area contributed by atoms with Crippen LogP contribution in [0.4, 0.5) is 0 Å². The van der Waals surface area contributed by atoms with Crippen molar-refractivity contribution in [3.05, 3.63) is 71.0 Å². The third kappa shape index (κ3) is 6.03. The molecule has 0 saturated carbocycles. The van der Waals surface area contributed by atoms with Gasteiger partial charge in [0.05, 0.1) is 18.7 Å². The number of aliphatic hydroxyl groups excluding tert-OH is 1. The Morgan fingerprint density at radius 2 is 1.87 bits per heavy atom. The first-order chi connectivity index (χ1) is 14.9. The Morgan fingerprint density at radius 3 is 2.45 bits per heavy atom. The summed E-state index contributed by atoms with van der Waals surface area (Å²) in [6.45, 7) is -0.553. The summed E-state index contributed by atoms with van der Waals surface area (Å²) < 4.78 is 0. The molecule has 1 aromatic heterocycles. The van der Waals surface area contributed by atoms with E-state index in [1.165, 1.54) is 0 Å². The molecular weight excluding hydrogens is 424 g/mol. The lowest BCUT2D eigenvalue weighted by Crippen LogP contribution is -2.40. The Balaban J connectivity index is 1.76. The van der Waals surface area contributed by atoms with Gasteiger partial charge in [-0.2, -0.15) is 0 Å². The Morgan fingerprint density at radius 1 is 1.13 bits per heavy atom. The van der Waals surface area contributed by atoms with Gasteiger partial charge in [0.15, 0.2) is 5.69 Å². The molecule has 0 radical (unpaired) electrons. The summed E-state index contributed by atoms with van der Waals surface area (Å²) in [5.41, 5.74) is 2.68. The molecule has 0 aliphatic heterocycles. The minimum Gasteiger partial charge on any atom is -0.481 e. The number of halogens is 1. The third-order valence-corrected chi connectivity index (χ3v) is 5.02. The van der Waals surface area contributed by atoms with Gasteiger partial charge in [0.2, 0.25) is 0 Å². The van der Waals surface area contributed by atoms with E-state index in [1.54, 1.807) is 6.07 Å². The normalized spacial score (nSPS) is 12.8. The van der Waals surface area contributed by atoms with Gasteiger partial charge in [-0.3, -0.25) is 9.59 Å². The van der Waals surface area contributed by atoms with Crippen molar-refractivity contribution in [2.45, 2.75) is 18.9 Å². The van der Waals surface area contributed by atoms with Crippen LogP contribution in [-0.4, -0.2) is 55.1 Å². The summed E-state index contributed by atoms with van der Waals surface area (Å²) >= 11 is 6.05. The number of hydrogen-bond donors (Lipinski definition) is 4. The van der Waals surface area contributed by atoms with Crippen molar-refractivity contribution in [1.29, 1.82) is 0 Å². The van der Waals surface area contributed by atoms with Crippen LogP contribution in [0.5, 0.6) is 0 Å². The highest BCUT2D eigenvalue weighted by Crippen LogP contribution is 2.23. The molecule has 0 saturated heterocycles. The summed E-state index contributed by atoms with van der Waals surface area (Å²) in [6, 6.07) is 14.5.